The molecule has 0 fully saturated rings. The Bertz CT molecular complexity index is 1270. The summed E-state index contributed by atoms with van der Waals surface area (Å²) >= 11 is -2.52. The van der Waals surface area contributed by atoms with Crippen LogP contribution >= 0.6 is 0 Å². The summed E-state index contributed by atoms with van der Waals surface area (Å²) in [5.41, 5.74) is 5.16. The maximum atomic E-state index is 12.3. The van der Waals surface area contributed by atoms with Gasteiger partial charge in [-0.1, -0.05) is 72.8 Å². The predicted octanol–water partition coefficient (Wildman–Crippen LogP) is 5.77. The third-order valence-electron chi connectivity index (χ3n) is 5.43. The van der Waals surface area contributed by atoms with Gasteiger partial charge in [0, 0.05) is 0 Å². The molecule has 0 radical (unpaired) electrons. The van der Waals surface area contributed by atoms with Crippen LogP contribution in [0.2, 0.25) is 0 Å². The van der Waals surface area contributed by atoms with Crippen molar-refractivity contribution in [3.63, 3.8) is 0 Å². The molecule has 0 bridgehead atoms. The van der Waals surface area contributed by atoms with Gasteiger partial charge in [-0.15, -0.1) is 0 Å². The van der Waals surface area contributed by atoms with Crippen LogP contribution in [0.4, 0.5) is 11.4 Å². The maximum Gasteiger partial charge on any atom is 0.335 e. The first-order chi connectivity index (χ1) is 16.0. The second-order valence-corrected chi connectivity index (χ2v) is 8.36. The van der Waals surface area contributed by atoms with Crippen molar-refractivity contribution >= 4 is 28.6 Å². The standard InChI is InChI=1S/C27H23NO4S/c29-27(30)24-11-6-7-20(19-24)13-14-23-10-4-5-12-26(23)28(33(31)32)25-17-15-22(16-18-25)21-8-2-1-3-9-21/h1-12,15-19H,13-14H2,(H,29,30)(H,31,32)/p-1. The lowest BCUT2D eigenvalue weighted by molar-refractivity contribution is 0.0696. The highest BCUT2D eigenvalue weighted by molar-refractivity contribution is 7.81. The molecule has 0 saturated heterocycles. The number of hydrogen-bond acceptors (Lipinski definition) is 3. The van der Waals surface area contributed by atoms with E-state index in [-0.39, 0.29) is 5.56 Å². The number of aryl methyl sites for hydroxylation is 2. The third kappa shape index (κ3) is 5.37. The monoisotopic (exact) mass is 456 g/mol. The SMILES string of the molecule is O=C(O)c1cccc(CCc2ccccc2N(c2ccc(-c3ccccc3)cc2)S(=O)[O-])c1. The number of aromatic carboxylic acids is 1. The van der Waals surface area contributed by atoms with Crippen molar-refractivity contribution in [3.05, 3.63) is 120 Å². The first-order valence-corrected chi connectivity index (χ1v) is 11.5. The van der Waals surface area contributed by atoms with E-state index in [4.69, 9.17) is 0 Å². The van der Waals surface area contributed by atoms with Gasteiger partial charge in [0.05, 0.1) is 28.2 Å². The Morgan fingerprint density at radius 1 is 0.788 bits per heavy atom. The molecule has 5 nitrogen and oxygen atoms in total. The predicted molar refractivity (Wildman–Crippen MR) is 130 cm³/mol. The second kappa shape index (κ2) is 10.3. The molecule has 1 unspecified atom stereocenters. The van der Waals surface area contributed by atoms with Crippen LogP contribution in [-0.4, -0.2) is 19.8 Å². The molecule has 4 aromatic rings. The van der Waals surface area contributed by atoms with Crippen LogP contribution in [0.5, 0.6) is 0 Å². The van der Waals surface area contributed by atoms with Gasteiger partial charge in [-0.05, 0) is 65.4 Å². The van der Waals surface area contributed by atoms with Crippen LogP contribution < -0.4 is 4.31 Å². The van der Waals surface area contributed by atoms with E-state index < -0.39 is 17.2 Å². The molecule has 166 valence electrons. The van der Waals surface area contributed by atoms with E-state index >= 15 is 0 Å². The molecule has 33 heavy (non-hydrogen) atoms. The molecular weight excluding hydrogens is 434 g/mol. The summed E-state index contributed by atoms with van der Waals surface area (Å²) in [7, 11) is 0. The molecule has 0 aliphatic rings. The number of carboxylic acids is 1. The Kier molecular flexibility index (Phi) is 6.98. The molecule has 0 aliphatic heterocycles. The summed E-state index contributed by atoms with van der Waals surface area (Å²) in [6.07, 6.45) is 1.15. The van der Waals surface area contributed by atoms with Crippen LogP contribution in [-0.2, 0) is 24.1 Å². The fourth-order valence-corrected chi connectivity index (χ4v) is 4.42. The minimum atomic E-state index is -2.52. The molecular formula is C27H22NO4S-. The average molecular weight is 457 g/mol. The fraction of sp³-hybridized carbons (Fsp3) is 0.0741. The van der Waals surface area contributed by atoms with Crippen molar-refractivity contribution < 1.29 is 18.7 Å². The third-order valence-corrected chi connectivity index (χ3v) is 6.13. The van der Waals surface area contributed by atoms with Crippen LogP contribution in [0.1, 0.15) is 21.5 Å². The van der Waals surface area contributed by atoms with Crippen molar-refractivity contribution in [2.75, 3.05) is 4.31 Å². The number of benzene rings is 4. The van der Waals surface area contributed by atoms with Crippen molar-refractivity contribution in [2.45, 2.75) is 12.8 Å². The molecule has 4 rings (SSSR count). The topological polar surface area (TPSA) is 80.7 Å². The lowest BCUT2D eigenvalue weighted by Crippen LogP contribution is -2.21. The molecule has 6 heteroatoms. The number of nitrogens with zero attached hydrogens (tertiary/aromatic N) is 1. The zero-order valence-corrected chi connectivity index (χ0v) is 18.6. The Morgan fingerprint density at radius 2 is 1.45 bits per heavy atom. The van der Waals surface area contributed by atoms with Gasteiger partial charge in [-0.2, -0.15) is 0 Å². The Hall–Kier alpha value is -3.74. The van der Waals surface area contributed by atoms with Crippen molar-refractivity contribution in [1.29, 1.82) is 0 Å². The molecule has 0 spiro atoms. The number of hydrogen-bond donors (Lipinski definition) is 1. The van der Waals surface area contributed by atoms with E-state index in [1.165, 1.54) is 4.31 Å². The Balaban J connectivity index is 1.61. The molecule has 0 aromatic heterocycles. The van der Waals surface area contributed by atoms with Gasteiger partial charge in [-0.25, -0.2) is 4.79 Å². The van der Waals surface area contributed by atoms with Gasteiger partial charge in [-0.3, -0.25) is 8.51 Å². The first-order valence-electron chi connectivity index (χ1n) is 10.5. The first kappa shape index (κ1) is 22.5. The molecule has 1 atom stereocenters. The zero-order valence-electron chi connectivity index (χ0n) is 17.8. The lowest BCUT2D eigenvalue weighted by atomic mass is 10.0. The minimum absolute atomic E-state index is 0.238. The summed E-state index contributed by atoms with van der Waals surface area (Å²) in [5, 5.41) is 9.22. The van der Waals surface area contributed by atoms with Gasteiger partial charge in [0.2, 0.25) is 0 Å². The Labute approximate surface area is 195 Å². The van der Waals surface area contributed by atoms with Crippen LogP contribution in [0, 0.1) is 0 Å². The summed E-state index contributed by atoms with van der Waals surface area (Å²) in [5.74, 6) is -0.968. The molecule has 0 amide bonds. The van der Waals surface area contributed by atoms with E-state index in [0.717, 1.165) is 22.3 Å². The highest BCUT2D eigenvalue weighted by Gasteiger charge is 2.15. The maximum absolute atomic E-state index is 12.3. The molecule has 1 N–H and O–H groups in total. The van der Waals surface area contributed by atoms with Crippen LogP contribution in [0.25, 0.3) is 11.1 Å². The van der Waals surface area contributed by atoms with Gasteiger partial charge in [0.1, 0.15) is 0 Å². The highest BCUT2D eigenvalue weighted by Crippen LogP contribution is 2.32. The minimum Gasteiger partial charge on any atom is -0.755 e. The lowest BCUT2D eigenvalue weighted by Gasteiger charge is -2.28. The smallest absolute Gasteiger partial charge is 0.335 e. The molecule has 0 saturated carbocycles. The fourth-order valence-electron chi connectivity index (χ4n) is 3.78. The van der Waals surface area contributed by atoms with Crippen LogP contribution in [0.15, 0.2) is 103 Å². The van der Waals surface area contributed by atoms with E-state index in [1.54, 1.807) is 36.4 Å². The van der Waals surface area contributed by atoms with E-state index in [9.17, 15) is 18.7 Å². The summed E-state index contributed by atoms with van der Waals surface area (Å²) in [6, 6.07) is 31.5. The van der Waals surface area contributed by atoms with Crippen molar-refractivity contribution in [3.8, 4) is 11.1 Å². The largest absolute Gasteiger partial charge is 0.755 e. The van der Waals surface area contributed by atoms with Gasteiger partial charge in [0.25, 0.3) is 0 Å². The summed E-state index contributed by atoms with van der Waals surface area (Å²) in [6.45, 7) is 0. The van der Waals surface area contributed by atoms with E-state index in [1.807, 2.05) is 66.7 Å². The number of para-hydroxylation sites is 1. The Morgan fingerprint density at radius 3 is 2.15 bits per heavy atom. The highest BCUT2D eigenvalue weighted by atomic mass is 32.2. The number of anilines is 2. The van der Waals surface area contributed by atoms with E-state index in [0.29, 0.717) is 24.2 Å². The van der Waals surface area contributed by atoms with Crippen molar-refractivity contribution in [2.24, 2.45) is 0 Å². The average Bonchev–Trinajstić information content (AvgIpc) is 2.84. The van der Waals surface area contributed by atoms with Gasteiger partial charge < -0.3 is 9.66 Å². The quantitative estimate of drug-likeness (QED) is 0.341. The van der Waals surface area contributed by atoms with Crippen molar-refractivity contribution in [1.82, 2.24) is 0 Å². The zero-order chi connectivity index (χ0) is 23.2. The molecule has 0 heterocycles. The number of rotatable bonds is 8. The van der Waals surface area contributed by atoms with Gasteiger partial charge in [0.15, 0.2) is 0 Å². The number of carbonyl (C=O) groups is 1. The second-order valence-electron chi connectivity index (χ2n) is 7.56. The number of carboxylic acid groups (broad SMARTS) is 1. The normalized spacial score (nSPS) is 11.7. The summed E-state index contributed by atoms with van der Waals surface area (Å²) < 4.78 is 25.8. The van der Waals surface area contributed by atoms with E-state index in [2.05, 4.69) is 0 Å². The molecule has 4 aromatic carbocycles. The molecule has 0 aliphatic carbocycles. The van der Waals surface area contributed by atoms with Crippen LogP contribution in [0.3, 0.4) is 0 Å². The summed E-state index contributed by atoms with van der Waals surface area (Å²) in [4.78, 5) is 11.2. The van der Waals surface area contributed by atoms with Gasteiger partial charge >= 0.3 is 5.97 Å².